The highest BCUT2D eigenvalue weighted by Gasteiger charge is 2.34. The molecule has 0 radical (unpaired) electrons. The highest BCUT2D eigenvalue weighted by Crippen LogP contribution is 2.48. The summed E-state index contributed by atoms with van der Waals surface area (Å²) in [6.45, 7) is 0. The lowest BCUT2D eigenvalue weighted by molar-refractivity contribution is 0.258. The lowest BCUT2D eigenvalue weighted by atomic mass is 9.65. The van der Waals surface area contributed by atoms with Gasteiger partial charge in [-0.1, -0.05) is 79.6 Å². The van der Waals surface area contributed by atoms with E-state index in [1.807, 2.05) is 0 Å². The first-order valence-electron chi connectivity index (χ1n) is 8.74. The van der Waals surface area contributed by atoms with E-state index in [1.165, 1.54) is 43.2 Å². The van der Waals surface area contributed by atoms with Gasteiger partial charge in [-0.15, -0.1) is 0 Å². The smallest absolute Gasteiger partial charge is 0.00269 e. The van der Waals surface area contributed by atoms with E-state index in [2.05, 4.69) is 66.7 Å². The van der Waals surface area contributed by atoms with Crippen LogP contribution in [0.4, 0.5) is 0 Å². The van der Waals surface area contributed by atoms with Gasteiger partial charge in [0.25, 0.3) is 0 Å². The molecule has 2 aliphatic rings. The van der Waals surface area contributed by atoms with Crippen LogP contribution in [0.15, 0.2) is 66.7 Å². The standard InChI is InChI=1S/C22H24/c1-3-9-17(10-4-1)20-15-19-13-7-8-14-21(19)22(16-20)18-11-5-2-6-12-18/h1-6,9-12,16,19-21H,7-8,13-15H2. The average molecular weight is 288 g/mol. The number of allylic oxidation sites excluding steroid dienone is 2. The van der Waals surface area contributed by atoms with Crippen molar-refractivity contribution in [3.05, 3.63) is 77.9 Å². The fourth-order valence-electron chi connectivity index (χ4n) is 4.51. The summed E-state index contributed by atoms with van der Waals surface area (Å²) in [5, 5.41) is 0. The topological polar surface area (TPSA) is 0 Å². The first-order valence-corrected chi connectivity index (χ1v) is 8.74. The Hall–Kier alpha value is -1.82. The maximum atomic E-state index is 2.58. The average Bonchev–Trinajstić information content (AvgIpc) is 2.62. The van der Waals surface area contributed by atoms with Crippen LogP contribution in [0.1, 0.15) is 49.1 Å². The molecule has 1 fully saturated rings. The molecule has 0 N–H and O–H groups in total. The maximum Gasteiger partial charge on any atom is 0.00269 e. The Bertz CT molecular complexity index is 638. The van der Waals surface area contributed by atoms with Gasteiger partial charge < -0.3 is 0 Å². The summed E-state index contributed by atoms with van der Waals surface area (Å²) in [6.07, 6.45) is 9.54. The molecular weight excluding hydrogens is 264 g/mol. The zero-order valence-corrected chi connectivity index (χ0v) is 13.1. The van der Waals surface area contributed by atoms with E-state index in [0.29, 0.717) is 5.92 Å². The molecule has 112 valence electrons. The van der Waals surface area contributed by atoms with Crippen molar-refractivity contribution < 1.29 is 0 Å². The molecule has 2 aromatic carbocycles. The summed E-state index contributed by atoms with van der Waals surface area (Å²) >= 11 is 0. The quantitative estimate of drug-likeness (QED) is 0.629. The number of fused-ring (bicyclic) bond motifs is 1. The Morgan fingerprint density at radius 3 is 2.18 bits per heavy atom. The summed E-state index contributed by atoms with van der Waals surface area (Å²) in [5.41, 5.74) is 4.55. The third-order valence-electron chi connectivity index (χ3n) is 5.58. The number of hydrogen-bond donors (Lipinski definition) is 0. The monoisotopic (exact) mass is 288 g/mol. The maximum absolute atomic E-state index is 2.58. The zero-order chi connectivity index (χ0) is 14.8. The van der Waals surface area contributed by atoms with Gasteiger partial charge in [-0.05, 0) is 47.8 Å². The third kappa shape index (κ3) is 2.63. The van der Waals surface area contributed by atoms with Crippen LogP contribution in [-0.2, 0) is 0 Å². The molecule has 0 heteroatoms. The number of benzene rings is 2. The normalized spacial score (nSPS) is 27.8. The first kappa shape index (κ1) is 13.8. The molecule has 3 atom stereocenters. The molecule has 2 aliphatic carbocycles. The van der Waals surface area contributed by atoms with Crippen LogP contribution in [0.2, 0.25) is 0 Å². The minimum Gasteiger partial charge on any atom is -0.0729 e. The van der Waals surface area contributed by atoms with Gasteiger partial charge in [0.15, 0.2) is 0 Å². The van der Waals surface area contributed by atoms with Crippen LogP contribution in [0.3, 0.4) is 0 Å². The Morgan fingerprint density at radius 1 is 0.727 bits per heavy atom. The van der Waals surface area contributed by atoms with Crippen LogP contribution in [0, 0.1) is 11.8 Å². The second-order valence-corrected chi connectivity index (χ2v) is 6.89. The minimum atomic E-state index is 0.593. The molecular formula is C22H24. The third-order valence-corrected chi connectivity index (χ3v) is 5.58. The van der Waals surface area contributed by atoms with Gasteiger partial charge in [-0.2, -0.15) is 0 Å². The molecule has 22 heavy (non-hydrogen) atoms. The molecule has 0 bridgehead atoms. The number of hydrogen-bond acceptors (Lipinski definition) is 0. The van der Waals surface area contributed by atoms with Crippen molar-refractivity contribution in [3.63, 3.8) is 0 Å². The van der Waals surface area contributed by atoms with Crippen LogP contribution in [-0.4, -0.2) is 0 Å². The van der Waals surface area contributed by atoms with E-state index < -0.39 is 0 Å². The summed E-state index contributed by atoms with van der Waals surface area (Å²) in [5.74, 6) is 2.26. The van der Waals surface area contributed by atoms with E-state index in [-0.39, 0.29) is 0 Å². The molecule has 0 heterocycles. The zero-order valence-electron chi connectivity index (χ0n) is 13.1. The van der Waals surface area contributed by atoms with E-state index in [4.69, 9.17) is 0 Å². The molecule has 1 saturated carbocycles. The van der Waals surface area contributed by atoms with Gasteiger partial charge in [-0.3, -0.25) is 0 Å². The van der Waals surface area contributed by atoms with Crippen molar-refractivity contribution in [1.82, 2.24) is 0 Å². The number of rotatable bonds is 2. The molecule has 0 aromatic heterocycles. The Kier molecular flexibility index (Phi) is 3.84. The summed E-state index contributed by atoms with van der Waals surface area (Å²) in [7, 11) is 0. The second kappa shape index (κ2) is 6.12. The van der Waals surface area contributed by atoms with Gasteiger partial charge in [0, 0.05) is 5.92 Å². The van der Waals surface area contributed by atoms with Crippen molar-refractivity contribution in [3.8, 4) is 0 Å². The van der Waals surface area contributed by atoms with Crippen molar-refractivity contribution in [2.75, 3.05) is 0 Å². The van der Waals surface area contributed by atoms with Crippen LogP contribution in [0.5, 0.6) is 0 Å². The van der Waals surface area contributed by atoms with Crippen molar-refractivity contribution in [2.24, 2.45) is 11.8 Å². The minimum absolute atomic E-state index is 0.593. The molecule has 2 aromatic rings. The Morgan fingerprint density at radius 2 is 1.41 bits per heavy atom. The molecule has 0 saturated heterocycles. The fraction of sp³-hybridized carbons (Fsp3) is 0.364. The Labute approximate surface area is 133 Å². The van der Waals surface area contributed by atoms with Crippen LogP contribution >= 0.6 is 0 Å². The first-order chi connectivity index (χ1) is 10.9. The van der Waals surface area contributed by atoms with Gasteiger partial charge in [0.2, 0.25) is 0 Å². The summed E-state index contributed by atoms with van der Waals surface area (Å²) < 4.78 is 0. The molecule has 0 aliphatic heterocycles. The van der Waals surface area contributed by atoms with Crippen molar-refractivity contribution >= 4 is 5.57 Å². The van der Waals surface area contributed by atoms with E-state index >= 15 is 0 Å². The highest BCUT2D eigenvalue weighted by molar-refractivity contribution is 5.69. The molecule has 0 spiro atoms. The Balaban J connectivity index is 1.75. The van der Waals surface area contributed by atoms with E-state index in [1.54, 1.807) is 5.57 Å². The summed E-state index contributed by atoms with van der Waals surface area (Å²) in [6, 6.07) is 22.2. The molecule has 3 unspecified atom stereocenters. The largest absolute Gasteiger partial charge is 0.0729 e. The van der Waals surface area contributed by atoms with Crippen molar-refractivity contribution in [1.29, 1.82) is 0 Å². The predicted molar refractivity (Wildman–Crippen MR) is 93.7 cm³/mol. The lowest BCUT2D eigenvalue weighted by Crippen LogP contribution is -2.26. The van der Waals surface area contributed by atoms with Gasteiger partial charge in [0.05, 0.1) is 0 Å². The SMILES string of the molecule is C1=C(c2ccccc2)C2CCCCC2CC1c1ccccc1. The van der Waals surface area contributed by atoms with Gasteiger partial charge in [-0.25, -0.2) is 0 Å². The highest BCUT2D eigenvalue weighted by atomic mass is 14.4. The second-order valence-electron chi connectivity index (χ2n) is 6.89. The fourth-order valence-corrected chi connectivity index (χ4v) is 4.51. The van der Waals surface area contributed by atoms with Gasteiger partial charge >= 0.3 is 0 Å². The molecule has 0 nitrogen and oxygen atoms in total. The van der Waals surface area contributed by atoms with Crippen LogP contribution in [0.25, 0.3) is 5.57 Å². The van der Waals surface area contributed by atoms with E-state index in [9.17, 15) is 0 Å². The predicted octanol–water partition coefficient (Wildman–Crippen LogP) is 6.06. The molecule has 0 amide bonds. The van der Waals surface area contributed by atoms with Crippen LogP contribution < -0.4 is 0 Å². The van der Waals surface area contributed by atoms with Gasteiger partial charge in [0.1, 0.15) is 0 Å². The van der Waals surface area contributed by atoms with E-state index in [0.717, 1.165) is 11.8 Å². The molecule has 4 rings (SSSR count). The lowest BCUT2D eigenvalue weighted by Gasteiger charge is -2.40. The summed E-state index contributed by atoms with van der Waals surface area (Å²) in [4.78, 5) is 0. The van der Waals surface area contributed by atoms with Crippen molar-refractivity contribution in [2.45, 2.75) is 38.0 Å².